The van der Waals surface area contributed by atoms with E-state index in [-0.39, 0.29) is 10.3 Å². The molecule has 0 aliphatic heterocycles. The van der Waals surface area contributed by atoms with E-state index in [4.69, 9.17) is 6.42 Å². The standard InChI is InChI=1S/C30H50.C7H8.C3H8.CH4.2H2/c1-7-9-11-22(8-2)25-12-10-13-26-24-15-14-23-16-18-28(3,4)20-21-29(23,5)27(24)17-19-30(25,26)6;1-4-7(5-2)6-3;1-3-2;;;/h7-9,23-27H,10-21H2,1-6H3;1,5-6H,2H2,3H3;3H2,1-2H3;1H4;2*1H/b9-7+,22-8+;7-6-;;;;/t23?,24-,25-,26-,27?,29-,30?;;;;;/m0...../s1. The first-order valence-electron chi connectivity index (χ1n) is 17.0. The third kappa shape index (κ3) is 8.77. The third-order valence-corrected chi connectivity index (χ3v) is 11.9. The van der Waals surface area contributed by atoms with Gasteiger partial charge in [-0.3, -0.25) is 0 Å². The normalized spacial score (nSPS) is 36.2. The highest BCUT2D eigenvalue weighted by atomic mass is 14.6. The number of hydrogen-bond acceptors (Lipinski definition) is 0. The molecule has 4 aliphatic rings. The fourth-order valence-electron chi connectivity index (χ4n) is 9.48. The molecule has 0 N–H and O–H groups in total. The molecular formula is C41H74. The molecule has 0 aromatic heterocycles. The van der Waals surface area contributed by atoms with Gasteiger partial charge in [0, 0.05) is 8.43 Å². The zero-order valence-corrected chi connectivity index (χ0v) is 28.3. The maximum Gasteiger partial charge on any atom is 0.0194 e. The first-order valence-corrected chi connectivity index (χ1v) is 17.0. The topological polar surface area (TPSA) is 0 Å². The van der Waals surface area contributed by atoms with E-state index in [1.165, 1.54) is 77.0 Å². The summed E-state index contributed by atoms with van der Waals surface area (Å²) in [5, 5.41) is 0. The number of terminal acetylenes is 1. The van der Waals surface area contributed by atoms with Crippen LogP contribution < -0.4 is 0 Å². The Kier molecular flexibility index (Phi) is 15.5. The van der Waals surface area contributed by atoms with E-state index in [9.17, 15) is 0 Å². The molecule has 3 unspecified atom stereocenters. The zero-order chi connectivity index (χ0) is 30.0. The lowest BCUT2D eigenvalue weighted by atomic mass is 9.42. The van der Waals surface area contributed by atoms with Gasteiger partial charge in [0.2, 0.25) is 0 Å². The van der Waals surface area contributed by atoms with Crippen LogP contribution in [0.2, 0.25) is 0 Å². The van der Waals surface area contributed by atoms with Crippen LogP contribution in [0.4, 0.5) is 0 Å². The van der Waals surface area contributed by atoms with Crippen LogP contribution in [0.3, 0.4) is 0 Å². The zero-order valence-electron chi connectivity index (χ0n) is 28.3. The molecule has 0 radical (unpaired) electrons. The minimum Gasteiger partial charge on any atom is -0.115 e. The van der Waals surface area contributed by atoms with Gasteiger partial charge in [-0.05, 0) is 137 Å². The Morgan fingerprint density at radius 2 is 1.51 bits per heavy atom. The molecule has 0 aromatic carbocycles. The Bertz CT molecular complexity index is 930. The molecule has 0 bridgehead atoms. The molecule has 0 spiro atoms. The van der Waals surface area contributed by atoms with Crippen molar-refractivity contribution in [2.75, 3.05) is 0 Å². The molecule has 4 fully saturated rings. The SMILES string of the molecule is C.C#C/C(C=C)=C/C.C/C=C/C/C(=C\C)[C@@H]1CCC[C@H]2[C@@H]3CCC4CCC(C)(C)CC[C@]4(C)C3CCC12C.CCC.[HH].[HH]. The van der Waals surface area contributed by atoms with Gasteiger partial charge >= 0.3 is 0 Å². The Hall–Kier alpha value is -1.48. The van der Waals surface area contributed by atoms with E-state index in [2.05, 4.69) is 86.1 Å². The van der Waals surface area contributed by atoms with Gasteiger partial charge in [0.1, 0.15) is 0 Å². The molecule has 0 saturated heterocycles. The lowest BCUT2D eigenvalue weighted by Gasteiger charge is -2.63. The molecule has 238 valence electrons. The van der Waals surface area contributed by atoms with Crippen LogP contribution in [0, 0.1) is 58.2 Å². The Balaban J connectivity index is 0. The van der Waals surface area contributed by atoms with Gasteiger partial charge in [0.15, 0.2) is 0 Å². The Labute approximate surface area is 262 Å². The van der Waals surface area contributed by atoms with Gasteiger partial charge in [-0.2, -0.15) is 0 Å². The van der Waals surface area contributed by atoms with Crippen LogP contribution in [-0.4, -0.2) is 0 Å². The van der Waals surface area contributed by atoms with Crippen molar-refractivity contribution < 1.29 is 2.85 Å². The largest absolute Gasteiger partial charge is 0.115 e. The smallest absolute Gasteiger partial charge is 0.0194 e. The lowest BCUT2D eigenvalue weighted by molar-refractivity contribution is -0.127. The molecule has 0 heteroatoms. The van der Waals surface area contributed by atoms with Gasteiger partial charge in [-0.1, -0.05) is 110 Å². The van der Waals surface area contributed by atoms with E-state index in [1.54, 1.807) is 18.1 Å². The second-order valence-corrected chi connectivity index (χ2v) is 14.8. The minimum absolute atomic E-state index is 0. The van der Waals surface area contributed by atoms with Crippen molar-refractivity contribution in [2.24, 2.45) is 45.8 Å². The average molecular weight is 567 g/mol. The monoisotopic (exact) mass is 567 g/mol. The fourth-order valence-corrected chi connectivity index (χ4v) is 9.48. The molecule has 0 aromatic rings. The summed E-state index contributed by atoms with van der Waals surface area (Å²) < 4.78 is 0. The quantitative estimate of drug-likeness (QED) is 0.180. The number of hydrogen-bond donors (Lipinski definition) is 0. The second kappa shape index (κ2) is 17.0. The Morgan fingerprint density at radius 1 is 0.854 bits per heavy atom. The summed E-state index contributed by atoms with van der Waals surface area (Å²) in [6.45, 7) is 24.7. The van der Waals surface area contributed by atoms with Gasteiger partial charge in [-0.15, -0.1) is 6.42 Å². The first kappa shape index (κ1) is 37.5. The predicted octanol–water partition coefficient (Wildman–Crippen LogP) is 13.7. The molecule has 0 amide bonds. The molecule has 41 heavy (non-hydrogen) atoms. The van der Waals surface area contributed by atoms with Crippen LogP contribution in [0.15, 0.2) is 48.1 Å². The summed E-state index contributed by atoms with van der Waals surface area (Å²) >= 11 is 0. The van der Waals surface area contributed by atoms with Crippen LogP contribution >= 0.6 is 0 Å². The van der Waals surface area contributed by atoms with Crippen molar-refractivity contribution in [3.05, 3.63) is 48.1 Å². The summed E-state index contributed by atoms with van der Waals surface area (Å²) in [5.74, 6) is 7.27. The number of fused-ring (bicyclic) bond motifs is 5. The van der Waals surface area contributed by atoms with Crippen molar-refractivity contribution >= 4 is 0 Å². The highest BCUT2D eigenvalue weighted by Gasteiger charge is 2.58. The maximum absolute atomic E-state index is 5.00. The van der Waals surface area contributed by atoms with E-state index in [1.807, 2.05) is 13.0 Å². The minimum atomic E-state index is 0. The predicted molar refractivity (Wildman–Crippen MR) is 191 cm³/mol. The molecule has 0 heterocycles. The van der Waals surface area contributed by atoms with Crippen molar-refractivity contribution in [1.82, 2.24) is 0 Å². The van der Waals surface area contributed by atoms with E-state index < -0.39 is 0 Å². The number of rotatable bonds is 4. The highest BCUT2D eigenvalue weighted by molar-refractivity contribution is 5.33. The molecule has 4 rings (SSSR count). The molecule has 4 saturated carbocycles. The molecular weight excluding hydrogens is 492 g/mol. The van der Waals surface area contributed by atoms with Crippen LogP contribution in [0.25, 0.3) is 0 Å². The van der Waals surface area contributed by atoms with E-state index >= 15 is 0 Å². The van der Waals surface area contributed by atoms with Crippen molar-refractivity contribution in [3.63, 3.8) is 0 Å². The summed E-state index contributed by atoms with van der Waals surface area (Å²) in [4.78, 5) is 0. The van der Waals surface area contributed by atoms with E-state index in [0.29, 0.717) is 16.2 Å². The van der Waals surface area contributed by atoms with Crippen molar-refractivity contribution in [2.45, 2.75) is 153 Å². The van der Waals surface area contributed by atoms with E-state index in [0.717, 1.165) is 35.2 Å². The fraction of sp³-hybridized carbons (Fsp3) is 0.756. The van der Waals surface area contributed by atoms with Crippen LogP contribution in [-0.2, 0) is 0 Å². The number of allylic oxidation sites excluding steroid dienone is 7. The molecule has 4 aliphatic carbocycles. The molecule has 0 nitrogen and oxygen atoms in total. The lowest BCUT2D eigenvalue weighted by Crippen LogP contribution is -2.55. The maximum atomic E-state index is 5.00. The van der Waals surface area contributed by atoms with Crippen molar-refractivity contribution in [3.8, 4) is 12.3 Å². The first-order chi connectivity index (χ1) is 19.0. The molecule has 7 atom stereocenters. The summed E-state index contributed by atoms with van der Waals surface area (Å²) in [6, 6.07) is 0. The summed E-state index contributed by atoms with van der Waals surface area (Å²) in [6.07, 6.45) is 34.5. The van der Waals surface area contributed by atoms with Gasteiger partial charge < -0.3 is 0 Å². The summed E-state index contributed by atoms with van der Waals surface area (Å²) in [7, 11) is 0. The van der Waals surface area contributed by atoms with Gasteiger partial charge in [0.05, 0.1) is 0 Å². The van der Waals surface area contributed by atoms with Crippen molar-refractivity contribution in [1.29, 1.82) is 0 Å². The van der Waals surface area contributed by atoms with Crippen LogP contribution in [0.5, 0.6) is 0 Å². The Morgan fingerprint density at radius 3 is 2.05 bits per heavy atom. The average Bonchev–Trinajstić information content (AvgIpc) is 3.06. The highest BCUT2D eigenvalue weighted by Crippen LogP contribution is 2.67. The van der Waals surface area contributed by atoms with Gasteiger partial charge in [-0.25, -0.2) is 0 Å². The second-order valence-electron chi connectivity index (χ2n) is 14.8. The third-order valence-electron chi connectivity index (χ3n) is 11.9. The van der Waals surface area contributed by atoms with Crippen LogP contribution in [0.1, 0.15) is 156 Å². The van der Waals surface area contributed by atoms with Gasteiger partial charge in [0.25, 0.3) is 0 Å². The summed E-state index contributed by atoms with van der Waals surface area (Å²) in [5.41, 5.74) is 4.34.